The van der Waals surface area contributed by atoms with Crippen molar-refractivity contribution in [2.75, 3.05) is 6.61 Å². The first-order chi connectivity index (χ1) is 31.0. The Morgan fingerprint density at radius 3 is 1.49 bits per heavy atom. The van der Waals surface area contributed by atoms with Gasteiger partial charge in [-0.3, -0.25) is 9.59 Å². The van der Waals surface area contributed by atoms with Gasteiger partial charge in [0.1, 0.15) is 6.10 Å². The summed E-state index contributed by atoms with van der Waals surface area (Å²) in [5.41, 5.74) is 0. The molecule has 0 fully saturated rings. The number of ether oxygens (including phenoxy) is 1. The molecule has 0 aromatic heterocycles. The average molecular weight is 872 g/mol. The van der Waals surface area contributed by atoms with Crippen LogP contribution in [-0.4, -0.2) is 46.9 Å². The molecule has 63 heavy (non-hydrogen) atoms. The quantitative estimate of drug-likeness (QED) is 0.0245. The Morgan fingerprint density at radius 1 is 0.508 bits per heavy atom. The van der Waals surface area contributed by atoms with Gasteiger partial charge in [0.2, 0.25) is 5.91 Å². The van der Waals surface area contributed by atoms with Gasteiger partial charge in [-0.15, -0.1) is 0 Å². The van der Waals surface area contributed by atoms with Crippen LogP contribution < -0.4 is 5.32 Å². The molecule has 6 heteroatoms. The summed E-state index contributed by atoms with van der Waals surface area (Å²) in [5, 5.41) is 23.7. The number of amides is 1. The highest BCUT2D eigenvalue weighted by Crippen LogP contribution is 2.15. The number of hydrogen-bond acceptors (Lipinski definition) is 5. The molecule has 0 saturated heterocycles. The summed E-state index contributed by atoms with van der Waals surface area (Å²) < 4.78 is 5.81. The SMILES string of the molecule is CC/C=C/C/C=C/C/C=C/C/C=C/C/C=C/C(CC(=O)NC(CO)C(O)CCCCCCCCCCCCCC)OC(=O)CCCCCCC/C=C/C=C/C=C/C=C/C=C/CCC. The summed E-state index contributed by atoms with van der Waals surface area (Å²) in [6.07, 6.45) is 68.5. The van der Waals surface area contributed by atoms with Crippen LogP contribution in [0.3, 0.4) is 0 Å². The molecule has 0 heterocycles. The molecule has 1 amide bonds. The smallest absolute Gasteiger partial charge is 0.306 e. The number of aliphatic hydroxyl groups excluding tert-OH is 2. The molecular formula is C57H93NO5. The number of carbonyl (C=O) groups is 2. The van der Waals surface area contributed by atoms with Crippen LogP contribution in [0.15, 0.2) is 122 Å². The predicted molar refractivity (Wildman–Crippen MR) is 273 cm³/mol. The van der Waals surface area contributed by atoms with Crippen LogP contribution in [0, 0.1) is 0 Å². The third-order valence-corrected chi connectivity index (χ3v) is 10.6. The van der Waals surface area contributed by atoms with E-state index in [4.69, 9.17) is 4.74 Å². The second kappa shape index (κ2) is 49.3. The molecule has 0 aromatic rings. The first-order valence-electron chi connectivity index (χ1n) is 25.3. The van der Waals surface area contributed by atoms with Gasteiger partial charge in [-0.1, -0.05) is 239 Å². The minimum atomic E-state index is -0.831. The van der Waals surface area contributed by atoms with Crippen molar-refractivity contribution in [2.45, 2.75) is 219 Å². The molecule has 0 aromatic carbocycles. The Morgan fingerprint density at radius 2 is 0.968 bits per heavy atom. The van der Waals surface area contributed by atoms with Crippen molar-refractivity contribution in [3.8, 4) is 0 Å². The highest BCUT2D eigenvalue weighted by atomic mass is 16.5. The molecule has 0 spiro atoms. The van der Waals surface area contributed by atoms with Gasteiger partial charge >= 0.3 is 5.97 Å². The van der Waals surface area contributed by atoms with Crippen LogP contribution in [0.4, 0.5) is 0 Å². The molecule has 0 aliphatic heterocycles. The monoisotopic (exact) mass is 872 g/mol. The van der Waals surface area contributed by atoms with E-state index in [1.165, 1.54) is 64.2 Å². The molecule has 0 radical (unpaired) electrons. The summed E-state index contributed by atoms with van der Waals surface area (Å²) in [7, 11) is 0. The number of esters is 1. The van der Waals surface area contributed by atoms with Gasteiger partial charge in [-0.25, -0.2) is 0 Å². The average Bonchev–Trinajstić information content (AvgIpc) is 3.28. The molecular weight excluding hydrogens is 779 g/mol. The van der Waals surface area contributed by atoms with Crippen molar-refractivity contribution in [2.24, 2.45) is 0 Å². The number of aliphatic hydroxyl groups is 2. The number of rotatable bonds is 43. The molecule has 356 valence electrons. The van der Waals surface area contributed by atoms with E-state index in [1.807, 2.05) is 36.5 Å². The number of hydrogen-bond donors (Lipinski definition) is 3. The van der Waals surface area contributed by atoms with Crippen molar-refractivity contribution in [3.63, 3.8) is 0 Å². The maximum Gasteiger partial charge on any atom is 0.306 e. The molecule has 3 atom stereocenters. The predicted octanol–water partition coefficient (Wildman–Crippen LogP) is 15.3. The van der Waals surface area contributed by atoms with Gasteiger partial charge < -0.3 is 20.3 Å². The summed E-state index contributed by atoms with van der Waals surface area (Å²) in [6.45, 7) is 6.22. The van der Waals surface area contributed by atoms with Crippen LogP contribution >= 0.6 is 0 Å². The fourth-order valence-electron chi connectivity index (χ4n) is 6.83. The minimum Gasteiger partial charge on any atom is -0.458 e. The van der Waals surface area contributed by atoms with E-state index >= 15 is 0 Å². The zero-order valence-electron chi connectivity index (χ0n) is 40.4. The number of nitrogens with one attached hydrogen (secondary N) is 1. The van der Waals surface area contributed by atoms with Gasteiger partial charge in [0, 0.05) is 6.42 Å². The van der Waals surface area contributed by atoms with Crippen LogP contribution in [0.5, 0.6) is 0 Å². The van der Waals surface area contributed by atoms with E-state index in [9.17, 15) is 19.8 Å². The molecule has 0 rings (SSSR count). The van der Waals surface area contributed by atoms with Crippen LogP contribution in [0.1, 0.15) is 201 Å². The first kappa shape index (κ1) is 59.3. The van der Waals surface area contributed by atoms with E-state index in [-0.39, 0.29) is 24.9 Å². The zero-order valence-corrected chi connectivity index (χ0v) is 40.4. The Balaban J connectivity index is 4.81. The van der Waals surface area contributed by atoms with Gasteiger partial charge in [-0.2, -0.15) is 0 Å². The van der Waals surface area contributed by atoms with Gasteiger partial charge in [0.15, 0.2) is 0 Å². The van der Waals surface area contributed by atoms with Crippen molar-refractivity contribution in [1.29, 1.82) is 0 Å². The summed E-state index contributed by atoms with van der Waals surface area (Å²) in [6, 6.07) is -0.755. The van der Waals surface area contributed by atoms with E-state index in [0.29, 0.717) is 19.3 Å². The van der Waals surface area contributed by atoms with Crippen molar-refractivity contribution >= 4 is 11.9 Å². The molecule has 3 unspecified atom stereocenters. The lowest BCUT2D eigenvalue weighted by atomic mass is 10.0. The molecule has 6 nitrogen and oxygen atoms in total. The van der Waals surface area contributed by atoms with Crippen LogP contribution in [-0.2, 0) is 14.3 Å². The molecule has 0 aliphatic carbocycles. The minimum absolute atomic E-state index is 0.0645. The Bertz CT molecular complexity index is 1350. The van der Waals surface area contributed by atoms with Gasteiger partial charge in [0.05, 0.1) is 25.2 Å². The Hall–Kier alpha value is -3.74. The molecule has 0 saturated carbocycles. The molecule has 0 aliphatic rings. The van der Waals surface area contributed by atoms with E-state index in [1.54, 1.807) is 6.08 Å². The summed E-state index contributed by atoms with van der Waals surface area (Å²) in [5.74, 6) is -0.670. The Kier molecular flexibility index (Phi) is 46.4. The third kappa shape index (κ3) is 44.7. The van der Waals surface area contributed by atoms with Crippen molar-refractivity contribution in [3.05, 3.63) is 122 Å². The number of unbranched alkanes of at least 4 members (excludes halogenated alkanes) is 17. The largest absolute Gasteiger partial charge is 0.458 e. The number of carbonyl (C=O) groups excluding carboxylic acids is 2. The number of allylic oxidation sites excluding steroid dienone is 19. The standard InChI is InChI=1S/C57H93NO5/c1-4-7-10-13-16-19-22-25-27-28-29-30-32-35-38-41-44-47-50-57(62)63-53(48-45-42-39-36-33-31-26-23-20-17-14-11-8-5-2)51-56(61)58-54(52-59)55(60)49-46-43-40-37-34-24-21-18-15-12-9-6-3/h8,10-11,13,16-17,19-20,22,25-31,36,39,45,48,53-55,59-60H,4-7,9,12,14-15,18,21,23-24,32-35,37-38,40-44,46-47,49-52H2,1-3H3,(H,58,61)/b11-8+,13-10+,19-16+,20-17+,25-22+,28-27+,30-29+,31-26+,39-36+,48-45+. The van der Waals surface area contributed by atoms with Crippen molar-refractivity contribution < 1.29 is 24.5 Å². The van der Waals surface area contributed by atoms with E-state index in [0.717, 1.165) is 89.9 Å². The molecule has 3 N–H and O–H groups in total. The normalized spacial score (nSPS) is 14.3. The topological polar surface area (TPSA) is 95.9 Å². The van der Waals surface area contributed by atoms with E-state index in [2.05, 4.69) is 105 Å². The maximum atomic E-state index is 13.2. The second-order valence-corrected chi connectivity index (χ2v) is 16.6. The maximum absolute atomic E-state index is 13.2. The van der Waals surface area contributed by atoms with Crippen LogP contribution in [0.25, 0.3) is 0 Å². The lowest BCUT2D eigenvalue weighted by Crippen LogP contribution is -2.46. The Labute approximate surface area is 387 Å². The highest BCUT2D eigenvalue weighted by Gasteiger charge is 2.23. The highest BCUT2D eigenvalue weighted by molar-refractivity contribution is 5.78. The fourth-order valence-corrected chi connectivity index (χ4v) is 6.83. The lowest BCUT2D eigenvalue weighted by molar-refractivity contribution is -0.148. The van der Waals surface area contributed by atoms with Gasteiger partial charge in [0.25, 0.3) is 0 Å². The fraction of sp³-hybridized carbons (Fsp3) is 0.614. The lowest BCUT2D eigenvalue weighted by Gasteiger charge is -2.23. The summed E-state index contributed by atoms with van der Waals surface area (Å²) >= 11 is 0. The summed E-state index contributed by atoms with van der Waals surface area (Å²) in [4.78, 5) is 26.1. The van der Waals surface area contributed by atoms with Gasteiger partial charge in [-0.05, 0) is 70.3 Å². The van der Waals surface area contributed by atoms with Crippen LogP contribution in [0.2, 0.25) is 0 Å². The molecule has 0 bridgehead atoms. The van der Waals surface area contributed by atoms with Crippen molar-refractivity contribution in [1.82, 2.24) is 5.32 Å². The van der Waals surface area contributed by atoms with E-state index < -0.39 is 18.2 Å². The third-order valence-electron chi connectivity index (χ3n) is 10.6. The first-order valence-corrected chi connectivity index (χ1v) is 25.3. The second-order valence-electron chi connectivity index (χ2n) is 16.6. The zero-order chi connectivity index (χ0) is 45.9.